The van der Waals surface area contributed by atoms with Crippen molar-refractivity contribution in [2.45, 2.75) is 39.7 Å². The number of nitrogens with one attached hydrogen (secondary N) is 1. The van der Waals surface area contributed by atoms with E-state index in [2.05, 4.69) is 26.1 Å². The monoisotopic (exact) mass is 141 g/mol. The average molecular weight is 141 g/mol. The molecule has 1 saturated heterocycles. The van der Waals surface area contributed by atoms with Gasteiger partial charge in [0.05, 0.1) is 0 Å². The van der Waals surface area contributed by atoms with E-state index in [9.17, 15) is 0 Å². The molecule has 0 saturated carbocycles. The summed E-state index contributed by atoms with van der Waals surface area (Å²) in [6.45, 7) is 8.18. The lowest BCUT2D eigenvalue weighted by Crippen LogP contribution is -2.37. The third-order valence-corrected chi connectivity index (χ3v) is 2.61. The van der Waals surface area contributed by atoms with E-state index in [0.717, 1.165) is 17.9 Å². The Morgan fingerprint density at radius 2 is 2.10 bits per heavy atom. The Balaban J connectivity index is 2.32. The van der Waals surface area contributed by atoms with Crippen LogP contribution in [0.1, 0.15) is 33.6 Å². The second-order valence-electron chi connectivity index (χ2n) is 3.88. The molecule has 0 spiro atoms. The highest BCUT2D eigenvalue weighted by Crippen LogP contribution is 2.23. The molecule has 0 amide bonds. The van der Waals surface area contributed by atoms with Gasteiger partial charge in [0.25, 0.3) is 0 Å². The molecule has 1 heteroatoms. The van der Waals surface area contributed by atoms with E-state index in [1.807, 2.05) is 0 Å². The number of hydrogen-bond donors (Lipinski definition) is 1. The van der Waals surface area contributed by atoms with E-state index in [0.29, 0.717) is 0 Å². The van der Waals surface area contributed by atoms with Crippen molar-refractivity contribution in [3.63, 3.8) is 0 Å². The summed E-state index contributed by atoms with van der Waals surface area (Å²) in [6.07, 6.45) is 2.75. The fourth-order valence-electron chi connectivity index (χ4n) is 1.78. The van der Waals surface area contributed by atoms with Gasteiger partial charge in [0.2, 0.25) is 0 Å². The minimum absolute atomic E-state index is 0.751. The van der Waals surface area contributed by atoms with Gasteiger partial charge in [0.1, 0.15) is 0 Å². The first-order chi connectivity index (χ1) is 4.70. The largest absolute Gasteiger partial charge is 0.314 e. The molecule has 2 atom stereocenters. The summed E-state index contributed by atoms with van der Waals surface area (Å²) in [6, 6.07) is 0.751. The molecule has 0 unspecified atom stereocenters. The Morgan fingerprint density at radius 1 is 1.40 bits per heavy atom. The fourth-order valence-corrected chi connectivity index (χ4v) is 1.78. The van der Waals surface area contributed by atoms with E-state index >= 15 is 0 Å². The van der Waals surface area contributed by atoms with Gasteiger partial charge in [0, 0.05) is 6.04 Å². The average Bonchev–Trinajstić information content (AvgIpc) is 1.88. The van der Waals surface area contributed by atoms with Gasteiger partial charge in [-0.3, -0.25) is 0 Å². The minimum Gasteiger partial charge on any atom is -0.314 e. The van der Waals surface area contributed by atoms with Gasteiger partial charge in [-0.15, -0.1) is 0 Å². The smallest absolute Gasteiger partial charge is 0.00414 e. The third-order valence-electron chi connectivity index (χ3n) is 2.61. The molecular formula is C9H19N. The Labute approximate surface area is 64.2 Å². The molecular weight excluding hydrogens is 122 g/mol. The van der Waals surface area contributed by atoms with Crippen molar-refractivity contribution in [1.29, 1.82) is 0 Å². The van der Waals surface area contributed by atoms with Crippen molar-refractivity contribution in [1.82, 2.24) is 5.32 Å². The molecule has 0 aromatic rings. The van der Waals surface area contributed by atoms with Crippen LogP contribution < -0.4 is 5.32 Å². The minimum atomic E-state index is 0.751. The zero-order valence-electron chi connectivity index (χ0n) is 7.35. The van der Waals surface area contributed by atoms with Gasteiger partial charge in [-0.05, 0) is 38.1 Å². The lowest BCUT2D eigenvalue weighted by molar-refractivity contribution is 0.252. The molecule has 1 heterocycles. The van der Waals surface area contributed by atoms with Crippen LogP contribution in [0, 0.1) is 11.8 Å². The summed E-state index contributed by atoms with van der Waals surface area (Å²) >= 11 is 0. The molecule has 10 heavy (non-hydrogen) atoms. The summed E-state index contributed by atoms with van der Waals surface area (Å²) in [4.78, 5) is 0. The van der Waals surface area contributed by atoms with E-state index in [4.69, 9.17) is 0 Å². The van der Waals surface area contributed by atoms with E-state index in [-0.39, 0.29) is 0 Å². The van der Waals surface area contributed by atoms with Crippen molar-refractivity contribution in [3.05, 3.63) is 0 Å². The Hall–Kier alpha value is -0.0400. The molecule has 0 aliphatic carbocycles. The highest BCUT2D eigenvalue weighted by Gasteiger charge is 2.20. The SMILES string of the molecule is CC(C)[C@@H]1CCN[C@H](C)C1. The van der Waals surface area contributed by atoms with Gasteiger partial charge in [0.15, 0.2) is 0 Å². The van der Waals surface area contributed by atoms with Gasteiger partial charge < -0.3 is 5.32 Å². The van der Waals surface area contributed by atoms with E-state index in [1.54, 1.807) is 0 Å². The molecule has 1 fully saturated rings. The van der Waals surface area contributed by atoms with Gasteiger partial charge in [-0.2, -0.15) is 0 Å². The topological polar surface area (TPSA) is 12.0 Å². The van der Waals surface area contributed by atoms with Gasteiger partial charge in [-0.1, -0.05) is 13.8 Å². The molecule has 1 nitrogen and oxygen atoms in total. The highest BCUT2D eigenvalue weighted by molar-refractivity contribution is 4.76. The predicted molar refractivity (Wildman–Crippen MR) is 45.0 cm³/mol. The van der Waals surface area contributed by atoms with Crippen LogP contribution >= 0.6 is 0 Å². The summed E-state index contributed by atoms with van der Waals surface area (Å²) in [5, 5.41) is 3.47. The molecule has 1 aliphatic heterocycles. The normalized spacial score (nSPS) is 34.8. The molecule has 0 aromatic heterocycles. The summed E-state index contributed by atoms with van der Waals surface area (Å²) in [5.74, 6) is 1.85. The Morgan fingerprint density at radius 3 is 2.50 bits per heavy atom. The summed E-state index contributed by atoms with van der Waals surface area (Å²) in [5.41, 5.74) is 0. The van der Waals surface area contributed by atoms with E-state index < -0.39 is 0 Å². The van der Waals surface area contributed by atoms with Crippen molar-refractivity contribution < 1.29 is 0 Å². The van der Waals surface area contributed by atoms with Crippen molar-refractivity contribution in [2.24, 2.45) is 11.8 Å². The summed E-state index contributed by atoms with van der Waals surface area (Å²) < 4.78 is 0. The Kier molecular flexibility index (Phi) is 2.72. The van der Waals surface area contributed by atoms with Crippen LogP contribution in [0.25, 0.3) is 0 Å². The van der Waals surface area contributed by atoms with E-state index in [1.165, 1.54) is 19.4 Å². The second kappa shape index (κ2) is 3.38. The zero-order chi connectivity index (χ0) is 7.56. The number of hydrogen-bond acceptors (Lipinski definition) is 1. The fraction of sp³-hybridized carbons (Fsp3) is 1.00. The first kappa shape index (κ1) is 8.06. The molecule has 0 aromatic carbocycles. The van der Waals surface area contributed by atoms with Gasteiger partial charge >= 0.3 is 0 Å². The summed E-state index contributed by atoms with van der Waals surface area (Å²) in [7, 11) is 0. The van der Waals surface area contributed by atoms with Crippen molar-refractivity contribution in [3.8, 4) is 0 Å². The van der Waals surface area contributed by atoms with Crippen LogP contribution in [0.3, 0.4) is 0 Å². The maximum Gasteiger partial charge on any atom is 0.00414 e. The maximum atomic E-state index is 3.47. The molecule has 1 aliphatic rings. The quantitative estimate of drug-likeness (QED) is 0.589. The van der Waals surface area contributed by atoms with Crippen LogP contribution in [0.4, 0.5) is 0 Å². The van der Waals surface area contributed by atoms with Crippen molar-refractivity contribution >= 4 is 0 Å². The van der Waals surface area contributed by atoms with Crippen LogP contribution in [0.2, 0.25) is 0 Å². The highest BCUT2D eigenvalue weighted by atomic mass is 14.9. The molecule has 1 N–H and O–H groups in total. The van der Waals surface area contributed by atoms with Gasteiger partial charge in [-0.25, -0.2) is 0 Å². The standard InChI is InChI=1S/C9H19N/c1-7(2)9-4-5-10-8(3)6-9/h7-10H,4-6H2,1-3H3/t8-,9-/m1/s1. The second-order valence-corrected chi connectivity index (χ2v) is 3.88. The lowest BCUT2D eigenvalue weighted by Gasteiger charge is -2.30. The van der Waals surface area contributed by atoms with Crippen LogP contribution in [-0.4, -0.2) is 12.6 Å². The zero-order valence-corrected chi connectivity index (χ0v) is 7.35. The molecule has 60 valence electrons. The lowest BCUT2D eigenvalue weighted by atomic mass is 9.84. The number of rotatable bonds is 1. The Bertz CT molecular complexity index is 98.9. The molecule has 0 bridgehead atoms. The molecule has 1 rings (SSSR count). The third kappa shape index (κ3) is 1.98. The number of piperidine rings is 1. The van der Waals surface area contributed by atoms with Crippen LogP contribution in [-0.2, 0) is 0 Å². The molecule has 0 radical (unpaired) electrons. The predicted octanol–water partition coefficient (Wildman–Crippen LogP) is 2.03. The van der Waals surface area contributed by atoms with Crippen LogP contribution in [0.15, 0.2) is 0 Å². The first-order valence-electron chi connectivity index (χ1n) is 4.43. The van der Waals surface area contributed by atoms with Crippen molar-refractivity contribution in [2.75, 3.05) is 6.54 Å². The van der Waals surface area contributed by atoms with Crippen LogP contribution in [0.5, 0.6) is 0 Å². The maximum absolute atomic E-state index is 3.47. The first-order valence-corrected chi connectivity index (χ1v) is 4.43.